The smallest absolute Gasteiger partial charge is 0.114 e. The fraction of sp³-hybridized carbons (Fsp3) is 0.250. The van der Waals surface area contributed by atoms with E-state index in [1.807, 2.05) is 52.2 Å². The fourth-order valence-electron chi connectivity index (χ4n) is 3.48. The van der Waals surface area contributed by atoms with E-state index in [0.29, 0.717) is 6.54 Å². The Labute approximate surface area is 215 Å². The van der Waals surface area contributed by atoms with E-state index in [4.69, 9.17) is 13.6 Å². The second kappa shape index (κ2) is 20.3. The maximum atomic E-state index is 6.11. The Kier molecular flexibility index (Phi) is 18.4. The van der Waals surface area contributed by atoms with Gasteiger partial charge in [0.2, 0.25) is 0 Å². The molecule has 35 heavy (non-hydrogen) atoms. The lowest BCUT2D eigenvalue weighted by Crippen LogP contribution is -2.06. The highest BCUT2D eigenvalue weighted by Crippen LogP contribution is 2.24. The van der Waals surface area contributed by atoms with E-state index in [2.05, 4.69) is 85.7 Å². The summed E-state index contributed by atoms with van der Waals surface area (Å²) in [5.74, 6) is 0. The van der Waals surface area contributed by atoms with E-state index in [9.17, 15) is 0 Å². The molecule has 0 aliphatic heterocycles. The first-order valence-electron chi connectivity index (χ1n) is 12.2. The van der Waals surface area contributed by atoms with Crippen molar-refractivity contribution in [3.05, 3.63) is 121 Å². The average molecular weight is 467 g/mol. The summed E-state index contributed by atoms with van der Waals surface area (Å²) in [4.78, 5) is 0. The Hall–Kier alpha value is -3.14. The first-order chi connectivity index (χ1) is 17.1. The van der Waals surface area contributed by atoms with E-state index >= 15 is 0 Å². The Balaban J connectivity index is 0.000000641. The molecule has 0 spiro atoms. The van der Waals surface area contributed by atoms with Crippen LogP contribution in [-0.2, 0) is 6.42 Å². The number of rotatable bonds is 4. The van der Waals surface area contributed by atoms with Gasteiger partial charge in [-0.3, -0.25) is 0 Å². The molecule has 4 rings (SSSR count). The first kappa shape index (κ1) is 31.9. The molecule has 0 aromatic heterocycles. The Bertz CT molecular complexity index is 1040. The summed E-state index contributed by atoms with van der Waals surface area (Å²) in [6, 6.07) is 20.8. The van der Waals surface area contributed by atoms with Gasteiger partial charge < -0.3 is 11.1 Å². The molecule has 0 unspecified atom stereocenters. The van der Waals surface area contributed by atoms with Crippen LogP contribution in [0.2, 0.25) is 0 Å². The zero-order valence-electron chi connectivity index (χ0n) is 22.2. The lowest BCUT2D eigenvalue weighted by molar-refractivity contribution is 0.995. The molecule has 0 bridgehead atoms. The molecule has 184 valence electrons. The van der Waals surface area contributed by atoms with Crippen LogP contribution in [0.3, 0.4) is 0 Å². The van der Waals surface area contributed by atoms with Crippen LogP contribution in [-0.4, -0.2) is 28.5 Å². The molecule has 1 aliphatic carbocycles. The summed E-state index contributed by atoms with van der Waals surface area (Å²) >= 11 is 0. The quantitative estimate of drug-likeness (QED) is 0.330. The van der Waals surface area contributed by atoms with Crippen molar-refractivity contribution >= 4 is 30.2 Å². The molecule has 3 aromatic rings. The standard InChI is InChI=1S/C19H15B.C7H11N.C2H7N.C2H6.C2H4/c1-2-15-9-6-10-17-18(20)12-11-16(19(15)17)13-14-7-4-3-5-8-14;8-6-7-4-2-1-3-5-7;1-3-2;2*1-2/h2-12H,1,13H2;2,4-5H,1,3,6,8H2;3H,1-2H3;1-2H3;1-2H2. The number of hydrogen-bond acceptors (Lipinski definition) is 2. The summed E-state index contributed by atoms with van der Waals surface area (Å²) in [5.41, 5.74) is 11.2. The first-order valence-corrected chi connectivity index (χ1v) is 12.2. The van der Waals surface area contributed by atoms with Gasteiger partial charge in [-0.15, -0.1) is 13.2 Å². The Morgan fingerprint density at radius 1 is 0.943 bits per heavy atom. The molecular weight excluding hydrogens is 423 g/mol. The lowest BCUT2D eigenvalue weighted by atomic mass is 9.85. The maximum absolute atomic E-state index is 6.11. The Morgan fingerprint density at radius 2 is 1.60 bits per heavy atom. The van der Waals surface area contributed by atoms with Crippen LogP contribution >= 0.6 is 0 Å². The minimum absolute atomic E-state index is 0.691. The highest BCUT2D eigenvalue weighted by Gasteiger charge is 2.07. The van der Waals surface area contributed by atoms with Crippen LogP contribution in [0.15, 0.2) is 104 Å². The molecule has 2 nitrogen and oxygen atoms in total. The van der Waals surface area contributed by atoms with Crippen LogP contribution in [0.5, 0.6) is 0 Å². The van der Waals surface area contributed by atoms with E-state index in [0.717, 1.165) is 22.8 Å². The van der Waals surface area contributed by atoms with Gasteiger partial charge in [0.25, 0.3) is 0 Å². The van der Waals surface area contributed by atoms with E-state index in [1.165, 1.54) is 34.9 Å². The number of nitrogens with one attached hydrogen (secondary N) is 1. The molecule has 0 atom stereocenters. The van der Waals surface area contributed by atoms with E-state index in [-0.39, 0.29) is 0 Å². The number of nitrogens with two attached hydrogens (primary N) is 1. The van der Waals surface area contributed by atoms with Crippen molar-refractivity contribution in [2.75, 3.05) is 20.6 Å². The van der Waals surface area contributed by atoms with Gasteiger partial charge >= 0.3 is 0 Å². The third kappa shape index (κ3) is 11.2. The summed E-state index contributed by atoms with van der Waals surface area (Å²) in [6.07, 6.45) is 11.6. The van der Waals surface area contributed by atoms with Crippen LogP contribution in [0.25, 0.3) is 16.8 Å². The Morgan fingerprint density at radius 3 is 2.11 bits per heavy atom. The van der Waals surface area contributed by atoms with Gasteiger partial charge in [0.05, 0.1) is 0 Å². The monoisotopic (exact) mass is 466 g/mol. The number of fused-ring (bicyclic) bond motifs is 1. The van der Waals surface area contributed by atoms with Crippen LogP contribution in [0.1, 0.15) is 43.4 Å². The van der Waals surface area contributed by atoms with Gasteiger partial charge in [-0.2, -0.15) is 0 Å². The number of benzene rings is 3. The summed E-state index contributed by atoms with van der Waals surface area (Å²) in [6.45, 7) is 14.6. The topological polar surface area (TPSA) is 38.0 Å². The van der Waals surface area contributed by atoms with Gasteiger partial charge in [0.15, 0.2) is 0 Å². The molecule has 3 heteroatoms. The SMILES string of the molecule is C=C.CC.CNC.NCC1=CCCC=C1.[B]c1ccc(Cc2ccccc2)c2c(C=C)cccc12. The largest absolute Gasteiger partial charge is 0.327 e. The molecule has 3 aromatic carbocycles. The van der Waals surface area contributed by atoms with Crippen molar-refractivity contribution in [1.29, 1.82) is 0 Å². The van der Waals surface area contributed by atoms with Gasteiger partial charge in [-0.25, -0.2) is 0 Å². The molecule has 0 saturated heterocycles. The second-order valence-corrected chi connectivity index (χ2v) is 7.41. The van der Waals surface area contributed by atoms with Crippen LogP contribution in [0, 0.1) is 0 Å². The highest BCUT2D eigenvalue weighted by atomic mass is 14.7. The second-order valence-electron chi connectivity index (χ2n) is 7.41. The predicted octanol–water partition coefficient (Wildman–Crippen LogP) is 6.75. The van der Waals surface area contributed by atoms with Crippen molar-refractivity contribution in [1.82, 2.24) is 5.32 Å². The summed E-state index contributed by atoms with van der Waals surface area (Å²) in [7, 11) is 9.86. The van der Waals surface area contributed by atoms with Crippen molar-refractivity contribution in [3.63, 3.8) is 0 Å². The van der Waals surface area contributed by atoms with E-state index in [1.54, 1.807) is 0 Å². The highest BCUT2D eigenvalue weighted by molar-refractivity contribution is 6.39. The van der Waals surface area contributed by atoms with Gasteiger partial charge in [-0.1, -0.05) is 111 Å². The lowest BCUT2D eigenvalue weighted by Gasteiger charge is -2.12. The predicted molar refractivity (Wildman–Crippen MR) is 162 cm³/mol. The third-order valence-corrected chi connectivity index (χ3v) is 4.96. The number of allylic oxidation sites excluding steroid dienone is 2. The molecule has 0 amide bonds. The van der Waals surface area contributed by atoms with Crippen molar-refractivity contribution < 1.29 is 0 Å². The van der Waals surface area contributed by atoms with Gasteiger partial charge in [-0.05, 0) is 66.4 Å². The minimum Gasteiger partial charge on any atom is -0.327 e. The van der Waals surface area contributed by atoms with Crippen molar-refractivity contribution in [2.45, 2.75) is 33.1 Å². The molecular formula is C32H43BN2. The summed E-state index contributed by atoms with van der Waals surface area (Å²) in [5, 5.41) is 5.07. The molecule has 3 N–H and O–H groups in total. The van der Waals surface area contributed by atoms with Crippen molar-refractivity contribution in [2.24, 2.45) is 5.73 Å². The zero-order valence-corrected chi connectivity index (χ0v) is 22.2. The molecule has 0 heterocycles. The minimum atomic E-state index is 0.691. The normalized spacial score (nSPS) is 11.1. The van der Waals surface area contributed by atoms with Gasteiger partial charge in [0.1, 0.15) is 7.85 Å². The van der Waals surface area contributed by atoms with Crippen molar-refractivity contribution in [3.8, 4) is 0 Å². The molecule has 0 saturated carbocycles. The maximum Gasteiger partial charge on any atom is 0.114 e. The third-order valence-electron chi connectivity index (χ3n) is 4.96. The average Bonchev–Trinajstić information content (AvgIpc) is 2.94. The molecule has 2 radical (unpaired) electrons. The number of hydrogen-bond donors (Lipinski definition) is 2. The molecule has 0 fully saturated rings. The summed E-state index contributed by atoms with van der Waals surface area (Å²) < 4.78 is 0. The van der Waals surface area contributed by atoms with E-state index < -0.39 is 0 Å². The molecule has 1 aliphatic rings. The fourth-order valence-corrected chi connectivity index (χ4v) is 3.48. The zero-order chi connectivity index (χ0) is 26.5. The van der Waals surface area contributed by atoms with Crippen LogP contribution < -0.4 is 16.5 Å². The van der Waals surface area contributed by atoms with Crippen LogP contribution in [0.4, 0.5) is 0 Å². The van der Waals surface area contributed by atoms with Gasteiger partial charge in [0, 0.05) is 6.54 Å².